The largest absolute Gasteiger partial charge is 0.416 e. The highest BCUT2D eigenvalue weighted by Crippen LogP contribution is 2.29. The predicted octanol–water partition coefficient (Wildman–Crippen LogP) is 5.15. The third kappa shape index (κ3) is 8.12. The molecule has 1 aliphatic heterocycles. The number of nitrogens with zero attached hydrogens (tertiary/aromatic N) is 3. The molecular weight excluding hydrogens is 527 g/mol. The van der Waals surface area contributed by atoms with Gasteiger partial charge in [0.2, 0.25) is 0 Å². The first kappa shape index (κ1) is 28.3. The normalized spacial score (nSPS) is 14.4. The molecule has 0 atom stereocenters. The van der Waals surface area contributed by atoms with Gasteiger partial charge >= 0.3 is 12.2 Å². The molecule has 11 heteroatoms. The molecule has 0 unspecified atom stereocenters. The summed E-state index contributed by atoms with van der Waals surface area (Å²) < 4.78 is 38.9. The maximum atomic E-state index is 13.0. The van der Waals surface area contributed by atoms with Crippen LogP contribution in [-0.4, -0.2) is 53.4 Å². The van der Waals surface area contributed by atoms with E-state index in [1.165, 1.54) is 11.3 Å². The van der Waals surface area contributed by atoms with Crippen molar-refractivity contribution in [1.82, 2.24) is 20.2 Å². The number of benzene rings is 1. The van der Waals surface area contributed by atoms with Gasteiger partial charge in [-0.3, -0.25) is 15.1 Å². The summed E-state index contributed by atoms with van der Waals surface area (Å²) in [5.74, 6) is 6.14. The molecule has 0 aliphatic carbocycles. The van der Waals surface area contributed by atoms with Crippen LogP contribution in [0.25, 0.3) is 0 Å². The van der Waals surface area contributed by atoms with E-state index in [0.717, 1.165) is 49.8 Å². The number of anilines is 1. The topological polar surface area (TPSA) is 87.2 Å². The zero-order valence-electron chi connectivity index (χ0n) is 21.6. The highest BCUT2D eigenvalue weighted by molar-refractivity contribution is 7.16. The molecule has 0 radical (unpaired) electrons. The van der Waals surface area contributed by atoms with Gasteiger partial charge in [0.05, 0.1) is 23.1 Å². The van der Waals surface area contributed by atoms with Gasteiger partial charge in [-0.05, 0) is 75.5 Å². The highest BCUT2D eigenvalue weighted by atomic mass is 32.1. The van der Waals surface area contributed by atoms with Crippen LogP contribution in [0.5, 0.6) is 0 Å². The zero-order chi connectivity index (χ0) is 28.0. The van der Waals surface area contributed by atoms with Crippen LogP contribution in [0.1, 0.15) is 50.5 Å². The number of amides is 2. The monoisotopic (exact) mass is 555 g/mol. The molecule has 0 saturated carbocycles. The second-order valence-corrected chi connectivity index (χ2v) is 10.6. The van der Waals surface area contributed by atoms with Crippen LogP contribution in [0.4, 0.5) is 23.1 Å². The molecule has 2 amide bonds. The van der Waals surface area contributed by atoms with Crippen molar-refractivity contribution in [2.75, 3.05) is 32.0 Å². The van der Waals surface area contributed by atoms with Crippen LogP contribution in [0.2, 0.25) is 0 Å². The summed E-state index contributed by atoms with van der Waals surface area (Å²) in [5.41, 5.74) is 0.980. The number of nitrogens with one attached hydrogen (secondary N) is 2. The van der Waals surface area contributed by atoms with Crippen molar-refractivity contribution in [3.63, 3.8) is 0 Å². The molecule has 1 fully saturated rings. The van der Waals surface area contributed by atoms with Gasteiger partial charge in [0.15, 0.2) is 10.9 Å². The van der Waals surface area contributed by atoms with E-state index in [4.69, 9.17) is 0 Å². The first-order chi connectivity index (χ1) is 18.6. The minimum Gasteiger partial charge on any atom is -0.338 e. The Kier molecular flexibility index (Phi) is 8.99. The fourth-order valence-corrected chi connectivity index (χ4v) is 4.78. The van der Waals surface area contributed by atoms with Gasteiger partial charge in [-0.1, -0.05) is 29.4 Å². The van der Waals surface area contributed by atoms with Gasteiger partial charge in [-0.15, -0.1) is 0 Å². The number of alkyl halides is 3. The lowest BCUT2D eigenvalue weighted by atomic mass is 9.97. The number of hydrogen-bond donors (Lipinski definition) is 2. The Morgan fingerprint density at radius 3 is 2.64 bits per heavy atom. The molecule has 2 N–H and O–H groups in total. The summed E-state index contributed by atoms with van der Waals surface area (Å²) >= 11 is 1.23. The Balaban J connectivity index is 1.36. The van der Waals surface area contributed by atoms with E-state index in [-0.39, 0.29) is 23.9 Å². The summed E-state index contributed by atoms with van der Waals surface area (Å²) in [6, 6.07) is 6.43. The molecule has 1 saturated heterocycles. The van der Waals surface area contributed by atoms with E-state index in [1.807, 2.05) is 6.92 Å². The number of ketones is 1. The third-order valence-corrected chi connectivity index (χ3v) is 7.31. The number of Topliss-reactive ketones (excluding diaryl/α,β-unsaturated/α-hetero) is 1. The van der Waals surface area contributed by atoms with Crippen molar-refractivity contribution >= 4 is 28.3 Å². The number of aromatic nitrogens is 2. The summed E-state index contributed by atoms with van der Waals surface area (Å²) in [5, 5.41) is 6.07. The van der Waals surface area contributed by atoms with Gasteiger partial charge in [-0.25, -0.2) is 9.78 Å². The fourth-order valence-electron chi connectivity index (χ4n) is 4.11. The summed E-state index contributed by atoms with van der Waals surface area (Å²) in [4.78, 5) is 36.0. The number of carbonyl (C=O) groups excluding carboxylic acids is 2. The van der Waals surface area contributed by atoms with Gasteiger partial charge < -0.3 is 10.2 Å². The molecule has 39 heavy (non-hydrogen) atoms. The molecule has 2 aromatic heterocycles. The summed E-state index contributed by atoms with van der Waals surface area (Å²) in [7, 11) is 2.10. The number of rotatable bonds is 6. The Morgan fingerprint density at radius 2 is 1.90 bits per heavy atom. The Bertz CT molecular complexity index is 1400. The molecular formula is C28H28F3N5O2S. The summed E-state index contributed by atoms with van der Waals surface area (Å²) in [6.07, 6.45) is -0.0354. The molecule has 1 aliphatic rings. The molecule has 3 aromatic rings. The zero-order valence-corrected chi connectivity index (χ0v) is 22.4. The fraction of sp³-hybridized carbons (Fsp3) is 0.357. The van der Waals surface area contributed by atoms with Crippen LogP contribution < -0.4 is 10.6 Å². The van der Waals surface area contributed by atoms with Gasteiger partial charge in [0.1, 0.15) is 0 Å². The van der Waals surface area contributed by atoms with E-state index in [9.17, 15) is 22.8 Å². The maximum absolute atomic E-state index is 13.0. The number of hydrogen-bond acceptors (Lipinski definition) is 6. The Morgan fingerprint density at radius 1 is 1.13 bits per heavy atom. The average Bonchev–Trinajstić information content (AvgIpc) is 3.34. The van der Waals surface area contributed by atoms with Crippen LogP contribution in [-0.2, 0) is 12.6 Å². The van der Waals surface area contributed by atoms with Crippen LogP contribution in [0.15, 0.2) is 42.7 Å². The molecule has 7 nitrogen and oxygen atoms in total. The Labute approximate surface area is 228 Å². The lowest BCUT2D eigenvalue weighted by molar-refractivity contribution is -0.137. The van der Waals surface area contributed by atoms with Crippen molar-refractivity contribution in [2.45, 2.75) is 32.4 Å². The molecule has 0 bridgehead atoms. The second kappa shape index (κ2) is 12.4. The van der Waals surface area contributed by atoms with Gasteiger partial charge in [-0.2, -0.15) is 13.2 Å². The summed E-state index contributed by atoms with van der Waals surface area (Å²) in [6.45, 7) is 4.54. The number of halogens is 3. The highest BCUT2D eigenvalue weighted by Gasteiger charge is 2.30. The van der Waals surface area contributed by atoms with Crippen molar-refractivity contribution < 1.29 is 22.8 Å². The van der Waals surface area contributed by atoms with Crippen molar-refractivity contribution in [1.29, 1.82) is 0 Å². The number of piperidine rings is 1. The third-order valence-electron chi connectivity index (χ3n) is 6.48. The molecule has 3 heterocycles. The lowest BCUT2D eigenvalue weighted by Crippen LogP contribution is -2.38. The number of pyridine rings is 1. The van der Waals surface area contributed by atoms with E-state index >= 15 is 0 Å². The van der Waals surface area contributed by atoms with Crippen molar-refractivity contribution in [2.24, 2.45) is 5.92 Å². The Hall–Kier alpha value is -3.75. The number of likely N-dealkylation sites (tertiary alicyclic amines) is 1. The minimum absolute atomic E-state index is 0.0445. The average molecular weight is 556 g/mol. The SMILES string of the molecule is Cc1ccc(C(=O)Cc2cc(C(F)(F)F)ccn2)cc1C#Cc1cnc(NC(=O)NCC2CCN(C)CC2)s1. The number of carbonyl (C=O) groups is 2. The van der Waals surface area contributed by atoms with Crippen molar-refractivity contribution in [3.8, 4) is 11.8 Å². The van der Waals surface area contributed by atoms with E-state index in [2.05, 4.69) is 44.4 Å². The minimum atomic E-state index is -4.50. The van der Waals surface area contributed by atoms with Crippen molar-refractivity contribution in [3.05, 3.63) is 75.6 Å². The van der Waals surface area contributed by atoms with Crippen LogP contribution >= 0.6 is 11.3 Å². The first-order valence-corrected chi connectivity index (χ1v) is 13.3. The predicted molar refractivity (Wildman–Crippen MR) is 144 cm³/mol. The van der Waals surface area contributed by atoms with E-state index in [1.54, 1.807) is 24.4 Å². The number of urea groups is 1. The molecule has 4 rings (SSSR count). The molecule has 0 spiro atoms. The van der Waals surface area contributed by atoms with E-state index in [0.29, 0.717) is 33.6 Å². The number of thiazole rings is 1. The maximum Gasteiger partial charge on any atom is 0.416 e. The van der Waals surface area contributed by atoms with E-state index < -0.39 is 11.7 Å². The second-order valence-electron chi connectivity index (χ2n) is 9.52. The molecule has 1 aromatic carbocycles. The number of aryl methyl sites for hydroxylation is 1. The van der Waals surface area contributed by atoms with Crippen LogP contribution in [0, 0.1) is 24.7 Å². The first-order valence-electron chi connectivity index (χ1n) is 12.4. The smallest absolute Gasteiger partial charge is 0.338 e. The standard InChI is InChI=1S/C28H28F3N5O2S/c1-18-3-4-21(25(37)15-23-14-22(7-10-32-23)28(29,30)31)13-20(18)5-6-24-17-34-27(39-24)35-26(38)33-16-19-8-11-36(2)12-9-19/h3-4,7,10,13-14,17,19H,8-9,11-12,15-16H2,1-2H3,(H2,33,34,35,38). The lowest BCUT2D eigenvalue weighted by Gasteiger charge is -2.28. The van der Waals surface area contributed by atoms with Gasteiger partial charge in [0.25, 0.3) is 0 Å². The quantitative estimate of drug-likeness (QED) is 0.324. The van der Waals surface area contributed by atoms with Crippen LogP contribution in [0.3, 0.4) is 0 Å². The molecule has 204 valence electrons. The van der Waals surface area contributed by atoms with Gasteiger partial charge in [0, 0.05) is 29.6 Å².